The molecule has 2 rings (SSSR count). The van der Waals surface area contributed by atoms with Gasteiger partial charge < -0.3 is 5.32 Å². The maximum Gasteiger partial charge on any atom is 0.255 e. The summed E-state index contributed by atoms with van der Waals surface area (Å²) < 4.78 is 0. The Labute approximate surface area is 121 Å². The molecular weight excluding hydrogens is 283 g/mol. The maximum atomic E-state index is 12.1. The highest BCUT2D eigenvalue weighted by Crippen LogP contribution is 2.19. The third kappa shape index (κ3) is 3.46. The van der Waals surface area contributed by atoms with Crippen LogP contribution in [0.2, 0.25) is 10.3 Å². The van der Waals surface area contributed by atoms with E-state index in [0.717, 1.165) is 16.8 Å². The van der Waals surface area contributed by atoms with Crippen LogP contribution < -0.4 is 5.32 Å². The molecule has 0 spiro atoms. The number of aromatic nitrogens is 1. The van der Waals surface area contributed by atoms with Crippen molar-refractivity contribution in [2.24, 2.45) is 0 Å². The van der Waals surface area contributed by atoms with E-state index >= 15 is 0 Å². The van der Waals surface area contributed by atoms with Gasteiger partial charge in [-0.05, 0) is 43.2 Å². The second-order valence-corrected chi connectivity index (χ2v) is 5.05. The number of carbonyl (C=O) groups is 1. The van der Waals surface area contributed by atoms with Crippen molar-refractivity contribution in [3.8, 4) is 0 Å². The highest BCUT2D eigenvalue weighted by molar-refractivity contribution is 6.33. The van der Waals surface area contributed by atoms with Gasteiger partial charge in [0.25, 0.3) is 5.91 Å². The van der Waals surface area contributed by atoms with E-state index in [-0.39, 0.29) is 16.2 Å². The zero-order chi connectivity index (χ0) is 14.0. The molecule has 0 unspecified atom stereocenters. The third-order valence-electron chi connectivity index (χ3n) is 2.67. The molecule has 0 aliphatic heterocycles. The molecule has 0 bridgehead atoms. The molecule has 5 heteroatoms. The van der Waals surface area contributed by atoms with E-state index in [2.05, 4.69) is 10.3 Å². The molecule has 1 N–H and O–H groups in total. The molecule has 0 aliphatic rings. The van der Waals surface area contributed by atoms with E-state index < -0.39 is 0 Å². The minimum Gasteiger partial charge on any atom is -0.322 e. The van der Waals surface area contributed by atoms with Gasteiger partial charge in [-0.2, -0.15) is 0 Å². The van der Waals surface area contributed by atoms with Gasteiger partial charge in [0.15, 0.2) is 0 Å². The lowest BCUT2D eigenvalue weighted by Crippen LogP contribution is -2.13. The SMILES string of the molecule is Cc1ccc(C)c(NC(=O)c2cc(Cl)nc(Cl)c2)c1. The van der Waals surface area contributed by atoms with Crippen LogP contribution in [0.15, 0.2) is 30.3 Å². The van der Waals surface area contributed by atoms with E-state index in [4.69, 9.17) is 23.2 Å². The van der Waals surface area contributed by atoms with Gasteiger partial charge in [-0.1, -0.05) is 35.3 Å². The van der Waals surface area contributed by atoms with Crippen molar-refractivity contribution in [2.75, 3.05) is 5.32 Å². The smallest absolute Gasteiger partial charge is 0.255 e. The van der Waals surface area contributed by atoms with E-state index in [1.807, 2.05) is 32.0 Å². The van der Waals surface area contributed by atoms with Gasteiger partial charge in [0, 0.05) is 11.3 Å². The average molecular weight is 295 g/mol. The Bertz CT molecular complexity index is 621. The number of pyridine rings is 1. The molecule has 19 heavy (non-hydrogen) atoms. The topological polar surface area (TPSA) is 42.0 Å². The highest BCUT2D eigenvalue weighted by atomic mass is 35.5. The number of aryl methyl sites for hydroxylation is 2. The standard InChI is InChI=1S/C14H12Cl2N2O/c1-8-3-4-9(2)11(5-8)17-14(19)10-6-12(15)18-13(16)7-10/h3-7H,1-2H3,(H,17,19). The summed E-state index contributed by atoms with van der Waals surface area (Å²) in [7, 11) is 0. The zero-order valence-corrected chi connectivity index (χ0v) is 12.0. The molecule has 98 valence electrons. The number of carbonyl (C=O) groups excluding carboxylic acids is 1. The van der Waals surface area contributed by atoms with Crippen molar-refractivity contribution in [3.63, 3.8) is 0 Å². The Morgan fingerprint density at radius 2 is 1.74 bits per heavy atom. The Morgan fingerprint density at radius 1 is 1.11 bits per heavy atom. The number of rotatable bonds is 2. The molecule has 2 aromatic rings. The van der Waals surface area contributed by atoms with Crippen molar-refractivity contribution in [1.82, 2.24) is 4.98 Å². The van der Waals surface area contributed by atoms with Crippen LogP contribution in [0.5, 0.6) is 0 Å². The van der Waals surface area contributed by atoms with Gasteiger partial charge in [0.1, 0.15) is 10.3 Å². The number of nitrogens with one attached hydrogen (secondary N) is 1. The Kier molecular flexibility index (Phi) is 4.08. The third-order valence-corrected chi connectivity index (χ3v) is 3.05. The van der Waals surface area contributed by atoms with Crippen LogP contribution in [-0.4, -0.2) is 10.9 Å². The van der Waals surface area contributed by atoms with Gasteiger partial charge in [-0.3, -0.25) is 4.79 Å². The van der Waals surface area contributed by atoms with Crippen molar-refractivity contribution >= 4 is 34.8 Å². The van der Waals surface area contributed by atoms with Crippen LogP contribution in [0.4, 0.5) is 5.69 Å². The van der Waals surface area contributed by atoms with Crippen LogP contribution in [0.1, 0.15) is 21.5 Å². The Morgan fingerprint density at radius 3 is 2.37 bits per heavy atom. The maximum absolute atomic E-state index is 12.1. The van der Waals surface area contributed by atoms with Gasteiger partial charge >= 0.3 is 0 Å². The summed E-state index contributed by atoms with van der Waals surface area (Å²) in [5.74, 6) is -0.264. The molecule has 0 aliphatic carbocycles. The van der Waals surface area contributed by atoms with Crippen LogP contribution in [0, 0.1) is 13.8 Å². The number of halogens is 2. The molecule has 0 fully saturated rings. The largest absolute Gasteiger partial charge is 0.322 e. The van der Waals surface area contributed by atoms with Gasteiger partial charge in [-0.15, -0.1) is 0 Å². The molecule has 1 heterocycles. The van der Waals surface area contributed by atoms with E-state index in [0.29, 0.717) is 5.56 Å². The zero-order valence-electron chi connectivity index (χ0n) is 10.5. The summed E-state index contributed by atoms with van der Waals surface area (Å²) in [6.45, 7) is 3.90. The van der Waals surface area contributed by atoms with E-state index in [1.165, 1.54) is 12.1 Å². The number of hydrogen-bond donors (Lipinski definition) is 1. The Hall–Kier alpha value is -1.58. The summed E-state index contributed by atoms with van der Waals surface area (Å²) >= 11 is 11.6. The summed E-state index contributed by atoms with van der Waals surface area (Å²) in [6.07, 6.45) is 0. The van der Waals surface area contributed by atoms with Crippen molar-refractivity contribution in [1.29, 1.82) is 0 Å². The first kappa shape index (κ1) is 13.8. The van der Waals surface area contributed by atoms with E-state index in [1.54, 1.807) is 0 Å². The van der Waals surface area contributed by atoms with Crippen LogP contribution in [0.25, 0.3) is 0 Å². The number of amides is 1. The molecule has 0 radical (unpaired) electrons. The average Bonchev–Trinajstić information content (AvgIpc) is 2.32. The Balaban J connectivity index is 2.28. The normalized spacial score (nSPS) is 10.3. The lowest BCUT2D eigenvalue weighted by Gasteiger charge is -2.09. The quantitative estimate of drug-likeness (QED) is 0.841. The van der Waals surface area contributed by atoms with Crippen LogP contribution in [-0.2, 0) is 0 Å². The molecule has 1 aromatic heterocycles. The van der Waals surface area contributed by atoms with Gasteiger partial charge in [0.05, 0.1) is 0 Å². The second-order valence-electron chi connectivity index (χ2n) is 4.27. The summed E-state index contributed by atoms with van der Waals surface area (Å²) in [4.78, 5) is 15.9. The number of anilines is 1. The van der Waals surface area contributed by atoms with Gasteiger partial charge in [0.2, 0.25) is 0 Å². The lowest BCUT2D eigenvalue weighted by molar-refractivity contribution is 0.102. The first-order valence-electron chi connectivity index (χ1n) is 5.67. The monoisotopic (exact) mass is 294 g/mol. The summed E-state index contributed by atoms with van der Waals surface area (Å²) in [5.41, 5.74) is 3.22. The fourth-order valence-electron chi connectivity index (χ4n) is 1.66. The fraction of sp³-hybridized carbons (Fsp3) is 0.143. The van der Waals surface area contributed by atoms with Crippen molar-refractivity contribution in [2.45, 2.75) is 13.8 Å². The first-order valence-corrected chi connectivity index (χ1v) is 6.43. The predicted octanol–water partition coefficient (Wildman–Crippen LogP) is 4.26. The second kappa shape index (κ2) is 5.59. The van der Waals surface area contributed by atoms with Crippen molar-refractivity contribution < 1.29 is 4.79 Å². The fourth-order valence-corrected chi connectivity index (χ4v) is 2.12. The number of hydrogen-bond acceptors (Lipinski definition) is 2. The molecule has 1 aromatic carbocycles. The molecule has 0 saturated heterocycles. The van der Waals surface area contributed by atoms with E-state index in [9.17, 15) is 4.79 Å². The summed E-state index contributed by atoms with van der Waals surface area (Å²) in [6, 6.07) is 8.82. The molecule has 3 nitrogen and oxygen atoms in total. The lowest BCUT2D eigenvalue weighted by atomic mass is 10.1. The van der Waals surface area contributed by atoms with Crippen LogP contribution >= 0.6 is 23.2 Å². The highest BCUT2D eigenvalue weighted by Gasteiger charge is 2.10. The summed E-state index contributed by atoms with van der Waals surface area (Å²) in [5, 5.41) is 3.22. The molecule has 0 saturated carbocycles. The first-order chi connectivity index (χ1) is 8.95. The minimum atomic E-state index is -0.264. The number of nitrogens with zero attached hydrogens (tertiary/aromatic N) is 1. The van der Waals surface area contributed by atoms with Gasteiger partial charge in [-0.25, -0.2) is 4.98 Å². The number of benzene rings is 1. The van der Waals surface area contributed by atoms with Crippen molar-refractivity contribution in [3.05, 3.63) is 57.3 Å². The molecule has 1 amide bonds. The molecular formula is C14H12Cl2N2O. The molecule has 0 atom stereocenters. The van der Waals surface area contributed by atoms with Crippen LogP contribution in [0.3, 0.4) is 0 Å². The minimum absolute atomic E-state index is 0.193. The predicted molar refractivity (Wildman–Crippen MR) is 78.1 cm³/mol.